The van der Waals surface area contributed by atoms with Crippen molar-refractivity contribution in [2.75, 3.05) is 0 Å². The lowest BCUT2D eigenvalue weighted by molar-refractivity contribution is -0.633. The summed E-state index contributed by atoms with van der Waals surface area (Å²) in [4.78, 5) is 0. The van der Waals surface area contributed by atoms with Gasteiger partial charge in [0.1, 0.15) is 24.0 Å². The van der Waals surface area contributed by atoms with E-state index in [0.29, 0.717) is 0 Å². The molecule has 5 rings (SSSR count). The maximum atomic E-state index is 13.9. The van der Waals surface area contributed by atoms with Crippen molar-refractivity contribution in [3.8, 4) is 11.3 Å². The summed E-state index contributed by atoms with van der Waals surface area (Å²) < 4.78 is 22.2. The lowest BCUT2D eigenvalue weighted by atomic mass is 9.96. The van der Waals surface area contributed by atoms with Gasteiger partial charge in [0.25, 0.3) is 0 Å². The molecule has 27 heavy (non-hydrogen) atoms. The molecule has 0 spiro atoms. The zero-order valence-electron chi connectivity index (χ0n) is 15.5. The van der Waals surface area contributed by atoms with Crippen LogP contribution in [0.25, 0.3) is 44.1 Å². The maximum absolute atomic E-state index is 13.9. The van der Waals surface area contributed by atoms with Gasteiger partial charge in [0, 0.05) is 28.3 Å². The van der Waals surface area contributed by atoms with Crippen LogP contribution in [-0.2, 0) is 7.05 Å². The first-order chi connectivity index (χ1) is 13.0. The maximum Gasteiger partial charge on any atom is 0.216 e. The summed E-state index contributed by atoms with van der Waals surface area (Å²) in [6.07, 6.45) is 0. The summed E-state index contributed by atoms with van der Waals surface area (Å²) in [5.74, 6) is -0.231. The van der Waals surface area contributed by atoms with Crippen LogP contribution in [0.4, 0.5) is 4.39 Å². The minimum atomic E-state index is -0.231. The third kappa shape index (κ3) is 2.28. The fraction of sp³-hybridized carbons (Fsp3) is 0.125. The Hall–Kier alpha value is -3.20. The first-order valence-corrected chi connectivity index (χ1v) is 9.05. The van der Waals surface area contributed by atoms with Gasteiger partial charge >= 0.3 is 0 Å². The molecule has 5 aromatic rings. The fourth-order valence-corrected chi connectivity index (χ4v) is 4.00. The van der Waals surface area contributed by atoms with E-state index in [9.17, 15) is 4.39 Å². The van der Waals surface area contributed by atoms with Crippen molar-refractivity contribution in [1.29, 1.82) is 0 Å². The van der Waals surface area contributed by atoms with Gasteiger partial charge in [0.15, 0.2) is 0 Å². The number of hydrogen-bond acceptors (Lipinski definition) is 1. The Labute approximate surface area is 156 Å². The number of benzene rings is 3. The number of pyridine rings is 1. The van der Waals surface area contributed by atoms with Crippen LogP contribution in [0.5, 0.6) is 0 Å². The van der Waals surface area contributed by atoms with Crippen LogP contribution in [-0.4, -0.2) is 0 Å². The van der Waals surface area contributed by atoms with Gasteiger partial charge in [-0.3, -0.25) is 0 Å². The summed E-state index contributed by atoms with van der Waals surface area (Å²) in [5.41, 5.74) is 7.08. The Balaban J connectivity index is 1.94. The van der Waals surface area contributed by atoms with E-state index in [-0.39, 0.29) is 5.82 Å². The zero-order valence-corrected chi connectivity index (χ0v) is 15.5. The highest BCUT2D eigenvalue weighted by molar-refractivity contribution is 6.10. The van der Waals surface area contributed by atoms with Crippen molar-refractivity contribution >= 4 is 32.8 Å². The second-order valence-corrected chi connectivity index (χ2v) is 7.15. The van der Waals surface area contributed by atoms with E-state index in [1.807, 2.05) is 41.9 Å². The minimum Gasteiger partial charge on any atom is -0.455 e. The number of furan rings is 1. The summed E-state index contributed by atoms with van der Waals surface area (Å²) in [6.45, 7) is 4.24. The topological polar surface area (TPSA) is 17.0 Å². The number of halogens is 1. The molecule has 0 aliphatic rings. The molecule has 0 unspecified atom stereocenters. The van der Waals surface area contributed by atoms with Gasteiger partial charge in [0.05, 0.1) is 5.56 Å². The van der Waals surface area contributed by atoms with Gasteiger partial charge in [-0.25, -0.2) is 4.39 Å². The molecule has 0 N–H and O–H groups in total. The van der Waals surface area contributed by atoms with E-state index in [1.54, 1.807) is 6.07 Å². The van der Waals surface area contributed by atoms with Gasteiger partial charge in [-0.2, -0.15) is 4.57 Å². The minimum absolute atomic E-state index is 0.231. The highest BCUT2D eigenvalue weighted by Crippen LogP contribution is 2.38. The van der Waals surface area contributed by atoms with Crippen LogP contribution >= 0.6 is 0 Å². The van der Waals surface area contributed by atoms with Crippen molar-refractivity contribution in [1.82, 2.24) is 0 Å². The van der Waals surface area contributed by atoms with Crippen LogP contribution in [0, 0.1) is 19.7 Å². The number of fused-ring (bicyclic) bond motifs is 4. The third-order valence-corrected chi connectivity index (χ3v) is 5.58. The Bertz CT molecular complexity index is 1360. The van der Waals surface area contributed by atoms with Gasteiger partial charge in [-0.1, -0.05) is 18.2 Å². The molecule has 2 aromatic heterocycles. The zero-order chi connectivity index (χ0) is 18.7. The van der Waals surface area contributed by atoms with Gasteiger partial charge in [-0.05, 0) is 55.3 Å². The first kappa shape index (κ1) is 16.0. The second-order valence-electron chi connectivity index (χ2n) is 7.15. The molecule has 0 saturated carbocycles. The van der Waals surface area contributed by atoms with Crippen molar-refractivity contribution in [3.63, 3.8) is 0 Å². The summed E-state index contributed by atoms with van der Waals surface area (Å²) in [5, 5.41) is 3.24. The molecule has 0 fully saturated rings. The quantitative estimate of drug-likeness (QED) is 0.337. The molecule has 0 aliphatic carbocycles. The number of rotatable bonds is 1. The van der Waals surface area contributed by atoms with Gasteiger partial charge in [0.2, 0.25) is 11.2 Å². The predicted octanol–water partition coefficient (Wildman–Crippen LogP) is 5.99. The Morgan fingerprint density at radius 2 is 1.67 bits per heavy atom. The van der Waals surface area contributed by atoms with Crippen LogP contribution in [0.15, 0.2) is 65.1 Å². The molecule has 0 saturated heterocycles. The Morgan fingerprint density at radius 3 is 2.52 bits per heavy atom. The third-order valence-electron chi connectivity index (χ3n) is 5.58. The lowest BCUT2D eigenvalue weighted by Gasteiger charge is -2.10. The van der Waals surface area contributed by atoms with Crippen molar-refractivity contribution in [3.05, 3.63) is 77.6 Å². The van der Waals surface area contributed by atoms with Crippen molar-refractivity contribution in [2.24, 2.45) is 7.05 Å². The number of aromatic nitrogens is 1. The molecule has 0 amide bonds. The van der Waals surface area contributed by atoms with E-state index < -0.39 is 0 Å². The highest BCUT2D eigenvalue weighted by atomic mass is 19.1. The molecule has 3 heteroatoms. The second kappa shape index (κ2) is 5.65. The van der Waals surface area contributed by atoms with Crippen LogP contribution < -0.4 is 4.57 Å². The van der Waals surface area contributed by atoms with E-state index >= 15 is 0 Å². The first-order valence-electron chi connectivity index (χ1n) is 9.05. The molecule has 2 nitrogen and oxygen atoms in total. The fourth-order valence-electron chi connectivity index (χ4n) is 4.00. The average molecular weight is 356 g/mol. The molecule has 3 aromatic carbocycles. The Kier molecular flexibility index (Phi) is 3.35. The number of hydrogen-bond donors (Lipinski definition) is 0. The Morgan fingerprint density at radius 1 is 0.889 bits per heavy atom. The van der Waals surface area contributed by atoms with E-state index in [1.165, 1.54) is 17.2 Å². The number of aryl methyl sites for hydroxylation is 2. The lowest BCUT2D eigenvalue weighted by Crippen LogP contribution is -2.32. The van der Waals surface area contributed by atoms with Crippen LogP contribution in [0.2, 0.25) is 0 Å². The van der Waals surface area contributed by atoms with E-state index in [4.69, 9.17) is 4.42 Å². The van der Waals surface area contributed by atoms with Crippen molar-refractivity contribution < 1.29 is 13.4 Å². The molecule has 0 bridgehead atoms. The smallest absolute Gasteiger partial charge is 0.216 e. The molecular formula is C24H19FNO+. The van der Waals surface area contributed by atoms with Crippen LogP contribution in [0.3, 0.4) is 0 Å². The molecular weight excluding hydrogens is 337 g/mol. The number of para-hydroxylation sites is 1. The largest absolute Gasteiger partial charge is 0.455 e. The SMILES string of the molecule is Cc1cc2c(oc3ccccc32)c(-c2ccc3ccc(F)cc3[n+]2C)c1C. The molecule has 132 valence electrons. The monoisotopic (exact) mass is 356 g/mol. The molecule has 0 atom stereocenters. The molecule has 2 heterocycles. The van der Waals surface area contributed by atoms with Crippen molar-refractivity contribution in [2.45, 2.75) is 13.8 Å². The summed E-state index contributed by atoms with van der Waals surface area (Å²) in [7, 11) is 1.98. The highest BCUT2D eigenvalue weighted by Gasteiger charge is 2.23. The van der Waals surface area contributed by atoms with Gasteiger partial charge in [-0.15, -0.1) is 0 Å². The van der Waals surface area contributed by atoms with Crippen LogP contribution in [0.1, 0.15) is 11.1 Å². The van der Waals surface area contributed by atoms with E-state index in [0.717, 1.165) is 44.1 Å². The predicted molar refractivity (Wildman–Crippen MR) is 107 cm³/mol. The average Bonchev–Trinajstić information content (AvgIpc) is 3.02. The normalized spacial score (nSPS) is 11.7. The molecule has 0 aliphatic heterocycles. The molecule has 0 radical (unpaired) electrons. The van der Waals surface area contributed by atoms with E-state index in [2.05, 4.69) is 32.0 Å². The standard InChI is InChI=1S/C24H19FNO/c1-14-12-19-18-6-4-5-7-22(18)27-24(19)23(15(14)2)20-11-9-16-8-10-17(25)13-21(16)26(20)3/h4-13H,1-3H3/q+1. The van der Waals surface area contributed by atoms with Gasteiger partial charge < -0.3 is 4.42 Å². The summed E-state index contributed by atoms with van der Waals surface area (Å²) in [6, 6.07) is 19.3. The number of nitrogens with zero attached hydrogens (tertiary/aromatic N) is 1. The summed E-state index contributed by atoms with van der Waals surface area (Å²) >= 11 is 0.